The SMILES string of the molecule is OC(c1ccc2[nH]ccc2c1)c1ccc(Cl)cc1Br. The molecule has 0 saturated heterocycles. The number of hydrogen-bond donors (Lipinski definition) is 2. The number of aromatic amines is 1. The summed E-state index contributed by atoms with van der Waals surface area (Å²) >= 11 is 9.35. The molecule has 1 unspecified atom stereocenters. The summed E-state index contributed by atoms with van der Waals surface area (Å²) in [6, 6.07) is 13.3. The second kappa shape index (κ2) is 5.00. The highest BCUT2D eigenvalue weighted by Gasteiger charge is 2.14. The molecule has 1 atom stereocenters. The Morgan fingerprint density at radius 1 is 1.11 bits per heavy atom. The molecule has 0 saturated carbocycles. The molecule has 3 aromatic rings. The van der Waals surface area contributed by atoms with Crippen LogP contribution >= 0.6 is 27.5 Å². The van der Waals surface area contributed by atoms with Gasteiger partial charge in [0.2, 0.25) is 0 Å². The molecular weight excluding hydrogens is 326 g/mol. The monoisotopic (exact) mass is 335 g/mol. The van der Waals surface area contributed by atoms with Crippen LogP contribution in [0, 0.1) is 0 Å². The number of aliphatic hydroxyl groups is 1. The Labute approximate surface area is 124 Å². The van der Waals surface area contributed by atoms with E-state index in [1.807, 2.05) is 36.5 Å². The zero-order valence-corrected chi connectivity index (χ0v) is 12.2. The molecule has 0 aliphatic heterocycles. The average molecular weight is 337 g/mol. The predicted octanol–water partition coefficient (Wildman–Crippen LogP) is 4.67. The maximum Gasteiger partial charge on any atom is 0.105 e. The first kappa shape index (κ1) is 12.7. The highest BCUT2D eigenvalue weighted by Crippen LogP contribution is 2.31. The summed E-state index contributed by atoms with van der Waals surface area (Å²) in [4.78, 5) is 3.14. The molecular formula is C15H11BrClNO. The third-order valence-electron chi connectivity index (χ3n) is 3.15. The van der Waals surface area contributed by atoms with Gasteiger partial charge in [0, 0.05) is 21.2 Å². The van der Waals surface area contributed by atoms with Gasteiger partial charge in [-0.25, -0.2) is 0 Å². The number of aliphatic hydroxyl groups excluding tert-OH is 1. The van der Waals surface area contributed by atoms with Crippen LogP contribution < -0.4 is 0 Å². The van der Waals surface area contributed by atoms with Gasteiger partial charge in [-0.05, 0) is 46.8 Å². The Hall–Kier alpha value is -1.29. The van der Waals surface area contributed by atoms with Crippen LogP contribution in [-0.4, -0.2) is 10.1 Å². The van der Waals surface area contributed by atoms with E-state index in [-0.39, 0.29) is 0 Å². The first-order chi connectivity index (χ1) is 9.15. The highest BCUT2D eigenvalue weighted by atomic mass is 79.9. The Morgan fingerprint density at radius 2 is 1.95 bits per heavy atom. The van der Waals surface area contributed by atoms with Crippen molar-refractivity contribution in [1.82, 2.24) is 4.98 Å². The van der Waals surface area contributed by atoms with Crippen molar-refractivity contribution in [3.8, 4) is 0 Å². The van der Waals surface area contributed by atoms with Crippen LogP contribution in [0.15, 0.2) is 53.1 Å². The van der Waals surface area contributed by atoms with Gasteiger partial charge in [-0.1, -0.05) is 39.7 Å². The molecule has 19 heavy (non-hydrogen) atoms. The zero-order valence-electron chi connectivity index (χ0n) is 9.90. The van der Waals surface area contributed by atoms with Crippen molar-refractivity contribution in [2.45, 2.75) is 6.10 Å². The summed E-state index contributed by atoms with van der Waals surface area (Å²) in [6.45, 7) is 0. The maximum absolute atomic E-state index is 10.5. The van der Waals surface area contributed by atoms with Crippen LogP contribution in [0.5, 0.6) is 0 Å². The molecule has 0 aliphatic carbocycles. The molecule has 1 heterocycles. The van der Waals surface area contributed by atoms with Gasteiger partial charge in [-0.3, -0.25) is 0 Å². The topological polar surface area (TPSA) is 36.0 Å². The van der Waals surface area contributed by atoms with E-state index in [1.165, 1.54) is 0 Å². The molecule has 0 bridgehead atoms. The Morgan fingerprint density at radius 3 is 2.74 bits per heavy atom. The summed E-state index contributed by atoms with van der Waals surface area (Å²) in [7, 11) is 0. The highest BCUT2D eigenvalue weighted by molar-refractivity contribution is 9.10. The number of halogens is 2. The summed E-state index contributed by atoms with van der Waals surface area (Å²) in [5.41, 5.74) is 2.72. The van der Waals surface area contributed by atoms with Gasteiger partial charge in [-0.15, -0.1) is 0 Å². The number of H-pyrrole nitrogens is 1. The fourth-order valence-electron chi connectivity index (χ4n) is 2.14. The number of benzene rings is 2. The molecule has 96 valence electrons. The third-order valence-corrected chi connectivity index (χ3v) is 4.07. The Bertz CT molecular complexity index is 738. The number of hydrogen-bond acceptors (Lipinski definition) is 1. The van der Waals surface area contributed by atoms with Crippen molar-refractivity contribution in [2.24, 2.45) is 0 Å². The lowest BCUT2D eigenvalue weighted by Crippen LogP contribution is -2.00. The molecule has 2 aromatic carbocycles. The van der Waals surface area contributed by atoms with Crippen LogP contribution in [0.25, 0.3) is 10.9 Å². The summed E-state index contributed by atoms with van der Waals surface area (Å²) in [5, 5.41) is 12.2. The first-order valence-corrected chi connectivity index (χ1v) is 7.02. The molecule has 0 aliphatic rings. The van der Waals surface area contributed by atoms with Gasteiger partial charge in [-0.2, -0.15) is 0 Å². The smallest absolute Gasteiger partial charge is 0.105 e. The molecule has 0 fully saturated rings. The van der Waals surface area contributed by atoms with E-state index in [2.05, 4.69) is 20.9 Å². The Kier molecular flexibility index (Phi) is 3.35. The molecule has 0 spiro atoms. The lowest BCUT2D eigenvalue weighted by molar-refractivity contribution is 0.219. The van der Waals surface area contributed by atoms with E-state index in [0.717, 1.165) is 26.5 Å². The largest absolute Gasteiger partial charge is 0.384 e. The minimum Gasteiger partial charge on any atom is -0.384 e. The van der Waals surface area contributed by atoms with Gasteiger partial charge in [0.05, 0.1) is 0 Å². The maximum atomic E-state index is 10.5. The number of aromatic nitrogens is 1. The van der Waals surface area contributed by atoms with E-state index in [9.17, 15) is 5.11 Å². The van der Waals surface area contributed by atoms with Crippen molar-refractivity contribution < 1.29 is 5.11 Å². The van der Waals surface area contributed by atoms with Gasteiger partial charge in [0.25, 0.3) is 0 Å². The molecule has 0 radical (unpaired) electrons. The molecule has 0 amide bonds. The summed E-state index contributed by atoms with van der Waals surface area (Å²) in [5.74, 6) is 0. The fraction of sp³-hybridized carbons (Fsp3) is 0.0667. The van der Waals surface area contributed by atoms with Crippen LogP contribution in [-0.2, 0) is 0 Å². The molecule has 4 heteroatoms. The van der Waals surface area contributed by atoms with E-state index in [0.29, 0.717) is 5.02 Å². The lowest BCUT2D eigenvalue weighted by atomic mass is 10.0. The van der Waals surface area contributed by atoms with Crippen molar-refractivity contribution in [2.75, 3.05) is 0 Å². The van der Waals surface area contributed by atoms with Gasteiger partial charge < -0.3 is 10.1 Å². The molecule has 3 rings (SSSR count). The Balaban J connectivity index is 2.04. The molecule has 2 N–H and O–H groups in total. The van der Waals surface area contributed by atoms with E-state index < -0.39 is 6.10 Å². The van der Waals surface area contributed by atoms with Gasteiger partial charge in [0.15, 0.2) is 0 Å². The minimum atomic E-state index is -0.675. The second-order valence-electron chi connectivity index (χ2n) is 4.39. The first-order valence-electron chi connectivity index (χ1n) is 5.85. The normalized spacial score (nSPS) is 12.8. The summed E-state index contributed by atoms with van der Waals surface area (Å²) in [6.07, 6.45) is 1.21. The van der Waals surface area contributed by atoms with E-state index in [4.69, 9.17) is 11.6 Å². The number of rotatable bonds is 2. The van der Waals surface area contributed by atoms with Crippen molar-refractivity contribution in [3.05, 3.63) is 69.3 Å². The second-order valence-corrected chi connectivity index (χ2v) is 5.68. The van der Waals surface area contributed by atoms with Crippen LogP contribution in [0.1, 0.15) is 17.2 Å². The lowest BCUT2D eigenvalue weighted by Gasteiger charge is -2.13. The number of fused-ring (bicyclic) bond motifs is 1. The predicted molar refractivity (Wildman–Crippen MR) is 81.5 cm³/mol. The average Bonchev–Trinajstić information content (AvgIpc) is 2.85. The van der Waals surface area contributed by atoms with Crippen molar-refractivity contribution in [3.63, 3.8) is 0 Å². The van der Waals surface area contributed by atoms with E-state index in [1.54, 1.807) is 12.1 Å². The van der Waals surface area contributed by atoms with Crippen LogP contribution in [0.3, 0.4) is 0 Å². The standard InChI is InChI=1S/C15H11BrClNO/c16-13-8-11(17)2-3-12(13)15(19)10-1-4-14-9(7-10)5-6-18-14/h1-8,15,18-19H. The quantitative estimate of drug-likeness (QED) is 0.701. The van der Waals surface area contributed by atoms with Crippen LogP contribution in [0.2, 0.25) is 5.02 Å². The van der Waals surface area contributed by atoms with Crippen molar-refractivity contribution >= 4 is 38.4 Å². The summed E-state index contributed by atoms with van der Waals surface area (Å²) < 4.78 is 0.807. The number of nitrogens with one attached hydrogen (secondary N) is 1. The zero-order chi connectivity index (χ0) is 13.4. The van der Waals surface area contributed by atoms with Crippen LogP contribution in [0.4, 0.5) is 0 Å². The molecule has 2 nitrogen and oxygen atoms in total. The fourth-order valence-corrected chi connectivity index (χ4v) is 3.04. The minimum absolute atomic E-state index is 0.643. The third kappa shape index (κ3) is 2.41. The van der Waals surface area contributed by atoms with E-state index >= 15 is 0 Å². The molecule has 1 aromatic heterocycles. The van der Waals surface area contributed by atoms with Gasteiger partial charge >= 0.3 is 0 Å². The van der Waals surface area contributed by atoms with Crippen molar-refractivity contribution in [1.29, 1.82) is 0 Å². The van der Waals surface area contributed by atoms with Gasteiger partial charge in [0.1, 0.15) is 6.10 Å².